The minimum absolute atomic E-state index is 0.220. The molecule has 11 heteroatoms. The van der Waals surface area contributed by atoms with Gasteiger partial charge in [0.05, 0.1) is 17.6 Å². The van der Waals surface area contributed by atoms with Gasteiger partial charge in [-0.2, -0.15) is 0 Å². The van der Waals surface area contributed by atoms with Crippen LogP contribution in [0.25, 0.3) is 11.2 Å². The van der Waals surface area contributed by atoms with E-state index >= 15 is 0 Å². The molecule has 4 rings (SSSR count). The molecule has 0 aliphatic rings. The lowest BCUT2D eigenvalue weighted by atomic mass is 10.3. The Labute approximate surface area is 182 Å². The zero-order valence-corrected chi connectivity index (χ0v) is 17.7. The SMILES string of the molecule is Cn1c(=O)c2c(ncn2CCNCc2ccccn2)n(C)c1=O.O=C(O)c1cccnc1. The van der Waals surface area contributed by atoms with Gasteiger partial charge in [-0.15, -0.1) is 0 Å². The maximum absolute atomic E-state index is 12.3. The first-order valence-electron chi connectivity index (χ1n) is 9.75. The Hall–Kier alpha value is -4.12. The third-order valence-corrected chi connectivity index (χ3v) is 4.69. The van der Waals surface area contributed by atoms with Crippen LogP contribution in [0.4, 0.5) is 0 Å². The molecular formula is C21H23N7O4. The summed E-state index contributed by atoms with van der Waals surface area (Å²) in [5.74, 6) is -0.942. The van der Waals surface area contributed by atoms with Crippen molar-refractivity contribution in [2.45, 2.75) is 13.1 Å². The number of aromatic carboxylic acids is 1. The molecule has 0 spiro atoms. The third-order valence-electron chi connectivity index (χ3n) is 4.69. The fourth-order valence-corrected chi connectivity index (χ4v) is 2.97. The highest BCUT2D eigenvalue weighted by Crippen LogP contribution is 2.04. The zero-order valence-electron chi connectivity index (χ0n) is 17.7. The fourth-order valence-electron chi connectivity index (χ4n) is 2.97. The Morgan fingerprint density at radius 2 is 1.88 bits per heavy atom. The van der Waals surface area contributed by atoms with E-state index in [1.54, 1.807) is 30.2 Å². The molecule has 166 valence electrons. The smallest absolute Gasteiger partial charge is 0.337 e. The normalized spacial score (nSPS) is 10.6. The summed E-state index contributed by atoms with van der Waals surface area (Å²) in [6.07, 6.45) is 6.19. The van der Waals surface area contributed by atoms with Crippen LogP contribution in [0.2, 0.25) is 0 Å². The summed E-state index contributed by atoms with van der Waals surface area (Å²) in [7, 11) is 3.08. The van der Waals surface area contributed by atoms with Crippen molar-refractivity contribution in [3.05, 3.63) is 87.3 Å². The molecule has 0 atom stereocenters. The third kappa shape index (κ3) is 5.13. The zero-order chi connectivity index (χ0) is 23.1. The second-order valence-corrected chi connectivity index (χ2v) is 6.86. The van der Waals surface area contributed by atoms with Crippen molar-refractivity contribution in [3.8, 4) is 0 Å². The molecular weight excluding hydrogens is 414 g/mol. The van der Waals surface area contributed by atoms with E-state index in [4.69, 9.17) is 5.11 Å². The maximum Gasteiger partial charge on any atom is 0.337 e. The summed E-state index contributed by atoms with van der Waals surface area (Å²) in [4.78, 5) is 46.4. The van der Waals surface area contributed by atoms with Crippen molar-refractivity contribution in [2.24, 2.45) is 14.1 Å². The van der Waals surface area contributed by atoms with Gasteiger partial charge in [0.2, 0.25) is 0 Å². The number of rotatable bonds is 6. The van der Waals surface area contributed by atoms with Crippen LogP contribution in [0.15, 0.2) is 64.8 Å². The molecule has 4 aromatic heterocycles. The highest BCUT2D eigenvalue weighted by molar-refractivity contribution is 5.86. The van der Waals surface area contributed by atoms with Gasteiger partial charge in [-0.25, -0.2) is 14.6 Å². The van der Waals surface area contributed by atoms with Crippen molar-refractivity contribution >= 4 is 17.1 Å². The van der Waals surface area contributed by atoms with E-state index in [2.05, 4.69) is 20.3 Å². The number of aromatic nitrogens is 6. The number of hydrogen-bond acceptors (Lipinski definition) is 7. The predicted octanol–water partition coefficient (Wildman–Crippen LogP) is 0.398. The number of carboxylic acids is 1. The molecule has 4 heterocycles. The molecule has 0 unspecified atom stereocenters. The number of nitrogens with zero attached hydrogens (tertiary/aromatic N) is 6. The van der Waals surface area contributed by atoms with E-state index in [-0.39, 0.29) is 16.8 Å². The van der Waals surface area contributed by atoms with Crippen molar-refractivity contribution in [1.82, 2.24) is 34.0 Å². The minimum atomic E-state index is -0.942. The predicted molar refractivity (Wildman–Crippen MR) is 117 cm³/mol. The van der Waals surface area contributed by atoms with Gasteiger partial charge in [-0.1, -0.05) is 6.07 Å². The van der Waals surface area contributed by atoms with Gasteiger partial charge in [-0.05, 0) is 24.3 Å². The highest BCUT2D eigenvalue weighted by atomic mass is 16.4. The average Bonchev–Trinajstić information content (AvgIpc) is 3.25. The number of imidazole rings is 1. The molecule has 2 N–H and O–H groups in total. The molecule has 0 bridgehead atoms. The molecule has 0 aliphatic carbocycles. The van der Waals surface area contributed by atoms with Gasteiger partial charge < -0.3 is 15.0 Å². The Balaban J connectivity index is 0.000000269. The first-order chi connectivity index (χ1) is 15.4. The van der Waals surface area contributed by atoms with Gasteiger partial charge in [0, 0.05) is 52.3 Å². The lowest BCUT2D eigenvalue weighted by molar-refractivity contribution is 0.0696. The van der Waals surface area contributed by atoms with Crippen LogP contribution in [-0.4, -0.2) is 46.3 Å². The first-order valence-corrected chi connectivity index (χ1v) is 9.75. The number of aryl methyl sites for hydroxylation is 1. The Bertz CT molecular complexity index is 1310. The van der Waals surface area contributed by atoms with Gasteiger partial charge in [0.15, 0.2) is 11.2 Å². The van der Waals surface area contributed by atoms with Crippen molar-refractivity contribution in [2.75, 3.05) is 6.54 Å². The second kappa shape index (κ2) is 10.3. The summed E-state index contributed by atoms with van der Waals surface area (Å²) < 4.78 is 4.25. The fraction of sp³-hybridized carbons (Fsp3) is 0.238. The topological polar surface area (TPSA) is 137 Å². The average molecular weight is 437 g/mol. The number of fused-ring (bicyclic) bond motifs is 1. The van der Waals surface area contributed by atoms with E-state index in [1.165, 1.54) is 30.1 Å². The van der Waals surface area contributed by atoms with Crippen LogP contribution < -0.4 is 16.6 Å². The molecule has 32 heavy (non-hydrogen) atoms. The highest BCUT2D eigenvalue weighted by Gasteiger charge is 2.13. The molecule has 0 saturated carbocycles. The molecule has 11 nitrogen and oxygen atoms in total. The van der Waals surface area contributed by atoms with E-state index < -0.39 is 5.97 Å². The summed E-state index contributed by atoms with van der Waals surface area (Å²) in [5, 5.41) is 11.6. The molecule has 0 aromatic carbocycles. The van der Waals surface area contributed by atoms with E-state index in [1.807, 2.05) is 18.2 Å². The summed E-state index contributed by atoms with van der Waals surface area (Å²) >= 11 is 0. The summed E-state index contributed by atoms with van der Waals surface area (Å²) in [5.41, 5.74) is 1.32. The molecule has 0 aliphatic heterocycles. The van der Waals surface area contributed by atoms with Crippen LogP contribution in [0.5, 0.6) is 0 Å². The first kappa shape index (κ1) is 22.6. The Morgan fingerprint density at radius 1 is 1.06 bits per heavy atom. The van der Waals surface area contributed by atoms with Crippen molar-refractivity contribution < 1.29 is 9.90 Å². The lowest BCUT2D eigenvalue weighted by Gasteiger charge is -2.07. The Morgan fingerprint density at radius 3 is 2.50 bits per heavy atom. The minimum Gasteiger partial charge on any atom is -0.478 e. The molecule has 0 fully saturated rings. The number of pyridine rings is 2. The molecule has 0 radical (unpaired) electrons. The number of carboxylic acid groups (broad SMARTS) is 1. The summed E-state index contributed by atoms with van der Waals surface area (Å²) in [6.45, 7) is 1.90. The summed E-state index contributed by atoms with van der Waals surface area (Å²) in [6, 6.07) is 8.85. The van der Waals surface area contributed by atoms with Crippen LogP contribution in [0.1, 0.15) is 16.1 Å². The van der Waals surface area contributed by atoms with Gasteiger partial charge >= 0.3 is 11.7 Å². The van der Waals surface area contributed by atoms with Crippen LogP contribution in [0, 0.1) is 0 Å². The van der Waals surface area contributed by atoms with E-state index in [0.717, 1.165) is 10.3 Å². The number of hydrogen-bond donors (Lipinski definition) is 2. The molecule has 0 saturated heterocycles. The number of carbonyl (C=O) groups is 1. The molecule has 0 amide bonds. The van der Waals surface area contributed by atoms with Gasteiger partial charge in [0.25, 0.3) is 5.56 Å². The number of nitrogens with one attached hydrogen (secondary N) is 1. The van der Waals surface area contributed by atoms with Crippen LogP contribution in [-0.2, 0) is 27.2 Å². The van der Waals surface area contributed by atoms with E-state index in [0.29, 0.717) is 30.8 Å². The molecule has 4 aromatic rings. The largest absolute Gasteiger partial charge is 0.478 e. The second-order valence-electron chi connectivity index (χ2n) is 6.86. The standard InChI is InChI=1S/C15H18N6O2.C6H5NO2/c1-19-13-12(14(22)20(2)15(19)23)21(10-18-13)8-7-16-9-11-5-3-4-6-17-11;8-6(9)5-2-1-3-7-4-5/h3-6,10,16H,7-9H2,1-2H3;1-4H,(H,8,9). The van der Waals surface area contributed by atoms with Crippen LogP contribution >= 0.6 is 0 Å². The monoisotopic (exact) mass is 437 g/mol. The lowest BCUT2D eigenvalue weighted by Crippen LogP contribution is -2.37. The van der Waals surface area contributed by atoms with Gasteiger partial charge in [0.1, 0.15) is 0 Å². The van der Waals surface area contributed by atoms with Crippen molar-refractivity contribution in [1.29, 1.82) is 0 Å². The van der Waals surface area contributed by atoms with Crippen molar-refractivity contribution in [3.63, 3.8) is 0 Å². The quantitative estimate of drug-likeness (QED) is 0.414. The van der Waals surface area contributed by atoms with E-state index in [9.17, 15) is 14.4 Å². The maximum atomic E-state index is 12.3. The van der Waals surface area contributed by atoms with Crippen LogP contribution in [0.3, 0.4) is 0 Å². The Kier molecular flexibility index (Phi) is 7.24. The van der Waals surface area contributed by atoms with Gasteiger partial charge in [-0.3, -0.25) is 23.9 Å².